The first-order valence-corrected chi connectivity index (χ1v) is 5.63. The van der Waals surface area contributed by atoms with Crippen molar-refractivity contribution < 1.29 is 5.11 Å². The van der Waals surface area contributed by atoms with Gasteiger partial charge in [0.2, 0.25) is 0 Å². The van der Waals surface area contributed by atoms with Crippen LogP contribution in [0.25, 0.3) is 0 Å². The molecular formula is C11H21NO. The van der Waals surface area contributed by atoms with Gasteiger partial charge in [-0.1, -0.05) is 25.7 Å². The lowest BCUT2D eigenvalue weighted by molar-refractivity contribution is 0.0702. The summed E-state index contributed by atoms with van der Waals surface area (Å²) in [5.74, 6) is 1.75. The summed E-state index contributed by atoms with van der Waals surface area (Å²) in [5, 5.41) is 9.22. The van der Waals surface area contributed by atoms with Crippen LogP contribution in [0.4, 0.5) is 0 Å². The molecule has 0 amide bonds. The second kappa shape index (κ2) is 3.58. The fourth-order valence-electron chi connectivity index (χ4n) is 3.17. The molecule has 0 aromatic rings. The van der Waals surface area contributed by atoms with Crippen LogP contribution in [0.2, 0.25) is 0 Å². The van der Waals surface area contributed by atoms with Gasteiger partial charge in [0.15, 0.2) is 0 Å². The van der Waals surface area contributed by atoms with Crippen LogP contribution >= 0.6 is 0 Å². The van der Waals surface area contributed by atoms with Crippen molar-refractivity contribution in [3.05, 3.63) is 0 Å². The van der Waals surface area contributed by atoms with Crippen molar-refractivity contribution in [2.24, 2.45) is 17.6 Å². The van der Waals surface area contributed by atoms with Crippen LogP contribution in [-0.4, -0.2) is 17.3 Å². The Morgan fingerprint density at radius 3 is 2.54 bits per heavy atom. The average molecular weight is 183 g/mol. The second-order valence-corrected chi connectivity index (χ2v) is 5.07. The molecule has 3 atom stereocenters. The lowest BCUT2D eigenvalue weighted by Gasteiger charge is -2.44. The van der Waals surface area contributed by atoms with Crippen LogP contribution in [0.3, 0.4) is 0 Å². The highest BCUT2D eigenvalue weighted by molar-refractivity contribution is 4.94. The molecule has 2 saturated carbocycles. The van der Waals surface area contributed by atoms with Gasteiger partial charge in [-0.15, -0.1) is 0 Å². The lowest BCUT2D eigenvalue weighted by Crippen LogP contribution is -2.50. The van der Waals surface area contributed by atoms with Crippen molar-refractivity contribution in [2.75, 3.05) is 6.61 Å². The number of rotatable bonds is 1. The highest BCUT2D eigenvalue weighted by atomic mass is 16.3. The van der Waals surface area contributed by atoms with Gasteiger partial charge in [-0.2, -0.15) is 0 Å². The van der Waals surface area contributed by atoms with Crippen LogP contribution in [0.15, 0.2) is 0 Å². The fourth-order valence-corrected chi connectivity index (χ4v) is 3.17. The summed E-state index contributed by atoms with van der Waals surface area (Å²) in [6, 6.07) is 0. The Bertz CT molecular complexity index is 183. The summed E-state index contributed by atoms with van der Waals surface area (Å²) in [6.07, 6.45) is 8.90. The van der Waals surface area contributed by atoms with E-state index in [0.717, 1.165) is 24.7 Å². The Kier molecular flexibility index (Phi) is 2.61. The minimum atomic E-state index is -0.238. The molecule has 2 rings (SSSR count). The highest BCUT2D eigenvalue weighted by Gasteiger charge is 2.38. The smallest absolute Gasteiger partial charge is 0.0611 e. The topological polar surface area (TPSA) is 46.2 Å². The molecule has 2 aliphatic rings. The zero-order valence-electron chi connectivity index (χ0n) is 8.34. The molecule has 0 bridgehead atoms. The maximum Gasteiger partial charge on any atom is 0.0611 e. The molecular weight excluding hydrogens is 162 g/mol. The van der Waals surface area contributed by atoms with Crippen molar-refractivity contribution in [2.45, 2.75) is 50.5 Å². The quantitative estimate of drug-likeness (QED) is 0.649. The summed E-state index contributed by atoms with van der Waals surface area (Å²) < 4.78 is 0. The van der Waals surface area contributed by atoms with Gasteiger partial charge in [0.25, 0.3) is 0 Å². The van der Waals surface area contributed by atoms with Gasteiger partial charge in [0.1, 0.15) is 0 Å². The first-order chi connectivity index (χ1) is 6.23. The maximum absolute atomic E-state index is 9.22. The molecule has 0 heterocycles. The molecule has 0 saturated heterocycles. The minimum Gasteiger partial charge on any atom is -0.394 e. The largest absolute Gasteiger partial charge is 0.394 e. The van der Waals surface area contributed by atoms with Crippen molar-refractivity contribution in [1.29, 1.82) is 0 Å². The van der Waals surface area contributed by atoms with Crippen LogP contribution < -0.4 is 5.73 Å². The summed E-state index contributed by atoms with van der Waals surface area (Å²) in [6.45, 7) is 0.177. The first-order valence-electron chi connectivity index (χ1n) is 5.63. The third kappa shape index (κ3) is 1.89. The average Bonchev–Trinajstić information content (AvgIpc) is 2.18. The SMILES string of the molecule is NC1(CO)CCC2CCCCC2C1. The molecule has 13 heavy (non-hydrogen) atoms. The van der Waals surface area contributed by atoms with Crippen molar-refractivity contribution >= 4 is 0 Å². The fraction of sp³-hybridized carbons (Fsp3) is 1.00. The molecule has 2 fully saturated rings. The standard InChI is InChI=1S/C11H21NO/c12-11(8-13)6-5-9-3-1-2-4-10(9)7-11/h9-10,13H,1-8,12H2. The van der Waals surface area contributed by atoms with Crippen LogP contribution in [-0.2, 0) is 0 Å². The van der Waals surface area contributed by atoms with E-state index in [1.54, 1.807) is 0 Å². The van der Waals surface area contributed by atoms with Crippen molar-refractivity contribution in [3.8, 4) is 0 Å². The van der Waals surface area contributed by atoms with Crippen LogP contribution in [0, 0.1) is 11.8 Å². The summed E-state index contributed by atoms with van der Waals surface area (Å²) >= 11 is 0. The molecule has 2 heteroatoms. The predicted molar refractivity (Wildman–Crippen MR) is 53.3 cm³/mol. The minimum absolute atomic E-state index is 0.177. The van der Waals surface area contributed by atoms with Crippen molar-refractivity contribution in [3.63, 3.8) is 0 Å². The number of aliphatic hydroxyl groups is 1. The van der Waals surface area contributed by atoms with E-state index in [-0.39, 0.29) is 12.1 Å². The van der Waals surface area contributed by atoms with Crippen LogP contribution in [0.1, 0.15) is 44.9 Å². The maximum atomic E-state index is 9.22. The van der Waals surface area contributed by atoms with Gasteiger partial charge in [0, 0.05) is 5.54 Å². The van der Waals surface area contributed by atoms with Gasteiger partial charge >= 0.3 is 0 Å². The molecule has 2 nitrogen and oxygen atoms in total. The van der Waals surface area contributed by atoms with Gasteiger partial charge < -0.3 is 10.8 Å². The first kappa shape index (κ1) is 9.47. The van der Waals surface area contributed by atoms with E-state index in [9.17, 15) is 5.11 Å². The van der Waals surface area contributed by atoms with E-state index in [2.05, 4.69) is 0 Å². The normalized spacial score (nSPS) is 45.7. The molecule has 0 aromatic heterocycles. The molecule has 3 N–H and O–H groups in total. The summed E-state index contributed by atoms with van der Waals surface area (Å²) in [5.41, 5.74) is 5.88. The second-order valence-electron chi connectivity index (χ2n) is 5.07. The zero-order chi connectivity index (χ0) is 9.31. The molecule has 0 aromatic carbocycles. The summed E-state index contributed by atoms with van der Waals surface area (Å²) in [4.78, 5) is 0. The Hall–Kier alpha value is -0.0800. The Morgan fingerprint density at radius 1 is 1.15 bits per heavy atom. The van der Waals surface area contributed by atoms with Gasteiger partial charge in [-0.3, -0.25) is 0 Å². The van der Waals surface area contributed by atoms with Crippen LogP contribution in [0.5, 0.6) is 0 Å². The number of hydrogen-bond acceptors (Lipinski definition) is 2. The zero-order valence-corrected chi connectivity index (χ0v) is 8.34. The molecule has 76 valence electrons. The third-order valence-electron chi connectivity index (χ3n) is 4.06. The molecule has 3 unspecified atom stereocenters. The lowest BCUT2D eigenvalue weighted by atomic mass is 9.65. The Morgan fingerprint density at radius 2 is 1.85 bits per heavy atom. The number of hydrogen-bond donors (Lipinski definition) is 2. The van der Waals surface area contributed by atoms with Crippen molar-refractivity contribution in [1.82, 2.24) is 0 Å². The third-order valence-corrected chi connectivity index (χ3v) is 4.06. The number of aliphatic hydroxyl groups excluding tert-OH is 1. The summed E-state index contributed by atoms with van der Waals surface area (Å²) in [7, 11) is 0. The van der Waals surface area contributed by atoms with E-state index >= 15 is 0 Å². The van der Waals surface area contributed by atoms with E-state index in [1.807, 2.05) is 0 Å². The number of fused-ring (bicyclic) bond motifs is 1. The molecule has 2 aliphatic carbocycles. The monoisotopic (exact) mass is 183 g/mol. The van der Waals surface area contributed by atoms with E-state index < -0.39 is 0 Å². The number of nitrogens with two attached hydrogens (primary N) is 1. The van der Waals surface area contributed by atoms with Gasteiger partial charge in [0.05, 0.1) is 6.61 Å². The molecule has 0 radical (unpaired) electrons. The Labute approximate surface area is 80.5 Å². The predicted octanol–water partition coefficient (Wildman–Crippen LogP) is 1.67. The molecule has 0 aliphatic heterocycles. The molecule has 0 spiro atoms. The Balaban J connectivity index is 1.98. The van der Waals surface area contributed by atoms with E-state index in [0.29, 0.717) is 0 Å². The highest BCUT2D eigenvalue weighted by Crippen LogP contribution is 2.43. The van der Waals surface area contributed by atoms with Gasteiger partial charge in [-0.05, 0) is 31.1 Å². The van der Waals surface area contributed by atoms with Gasteiger partial charge in [-0.25, -0.2) is 0 Å². The van der Waals surface area contributed by atoms with E-state index in [4.69, 9.17) is 5.73 Å². The van der Waals surface area contributed by atoms with E-state index in [1.165, 1.54) is 32.1 Å².